The molecule has 0 spiro atoms. The molecule has 1 aliphatic rings. The van der Waals surface area contributed by atoms with Gasteiger partial charge in [0, 0.05) is 16.8 Å². The summed E-state index contributed by atoms with van der Waals surface area (Å²) in [6.07, 6.45) is 2.28. The molecule has 1 amide bonds. The van der Waals surface area contributed by atoms with Crippen molar-refractivity contribution in [2.24, 2.45) is 0 Å². The lowest BCUT2D eigenvalue weighted by Crippen LogP contribution is -2.35. The van der Waals surface area contributed by atoms with Crippen molar-refractivity contribution in [3.63, 3.8) is 0 Å². The molecule has 1 aromatic carbocycles. The van der Waals surface area contributed by atoms with E-state index in [0.717, 1.165) is 16.8 Å². The molecule has 3 heterocycles. The highest BCUT2D eigenvalue weighted by atomic mass is 35.5. The van der Waals surface area contributed by atoms with Crippen molar-refractivity contribution in [2.75, 3.05) is 13.7 Å². The van der Waals surface area contributed by atoms with E-state index < -0.39 is 11.9 Å². The van der Waals surface area contributed by atoms with Crippen LogP contribution in [0.3, 0.4) is 0 Å². The fraction of sp³-hybridized carbons (Fsp3) is 0.350. The predicted molar refractivity (Wildman–Crippen MR) is 108 cm³/mol. The van der Waals surface area contributed by atoms with Crippen molar-refractivity contribution in [3.05, 3.63) is 57.4 Å². The molecule has 1 atom stereocenters. The molecule has 0 unspecified atom stereocenters. The number of methoxy groups -OCH3 is 1. The molecule has 2 N–H and O–H groups in total. The summed E-state index contributed by atoms with van der Waals surface area (Å²) >= 11 is 6.34. The first-order valence-electron chi connectivity index (χ1n) is 9.47. The average Bonchev–Trinajstić information content (AvgIpc) is 3.32. The molecule has 10 heteroatoms. The number of hydrogen-bond donors (Lipinski definition) is 2. The Hall–Kier alpha value is -2.91. The lowest BCUT2D eigenvalue weighted by Gasteiger charge is -2.24. The number of carbonyl (C=O) groups excluding carboxylic acids is 1. The smallest absolute Gasteiger partial charge is 0.272 e. The number of fused-ring (bicyclic) bond motifs is 1. The lowest BCUT2D eigenvalue weighted by molar-refractivity contribution is 0.0683. The fourth-order valence-corrected chi connectivity index (χ4v) is 3.98. The van der Waals surface area contributed by atoms with Crippen LogP contribution in [0.15, 0.2) is 18.3 Å². The number of hydrogen-bond acceptors (Lipinski definition) is 5. The topological polar surface area (TPSA) is 94.1 Å². The molecular weight excluding hydrogens is 413 g/mol. The quantitative estimate of drug-likeness (QED) is 0.644. The Kier molecular flexibility index (Phi) is 5.48. The molecule has 3 aromatic rings. The number of nitrogens with one attached hydrogen (secondary N) is 2. The van der Waals surface area contributed by atoms with Crippen LogP contribution in [0.5, 0.6) is 5.75 Å². The van der Waals surface area contributed by atoms with E-state index in [9.17, 15) is 9.18 Å². The zero-order valence-corrected chi connectivity index (χ0v) is 17.5. The Bertz CT molecular complexity index is 1110. The van der Waals surface area contributed by atoms with E-state index in [4.69, 9.17) is 21.1 Å². The number of amides is 1. The Morgan fingerprint density at radius 1 is 1.50 bits per heavy atom. The van der Waals surface area contributed by atoms with Crippen molar-refractivity contribution >= 4 is 17.5 Å². The Morgan fingerprint density at radius 3 is 3.03 bits per heavy atom. The molecule has 1 aliphatic heterocycles. The molecule has 8 nitrogen and oxygen atoms in total. The number of aryl methyl sites for hydroxylation is 1. The van der Waals surface area contributed by atoms with Gasteiger partial charge in [-0.05, 0) is 25.5 Å². The summed E-state index contributed by atoms with van der Waals surface area (Å²) in [5.41, 5.74) is 3.50. The number of aromatic nitrogens is 4. The highest BCUT2D eigenvalue weighted by molar-refractivity contribution is 6.33. The normalized spacial score (nSPS) is 15.7. The van der Waals surface area contributed by atoms with E-state index in [2.05, 4.69) is 20.6 Å². The zero-order chi connectivity index (χ0) is 21.4. The van der Waals surface area contributed by atoms with E-state index in [1.165, 1.54) is 23.9 Å². The van der Waals surface area contributed by atoms with Crippen LogP contribution in [0.25, 0.3) is 5.69 Å². The first-order valence-corrected chi connectivity index (χ1v) is 9.85. The minimum atomic E-state index is -0.544. The third-order valence-electron chi connectivity index (χ3n) is 5.21. The number of aromatic amines is 1. The number of rotatable bonds is 5. The largest absolute Gasteiger partial charge is 0.495 e. The van der Waals surface area contributed by atoms with Crippen molar-refractivity contribution < 1.29 is 18.7 Å². The van der Waals surface area contributed by atoms with Crippen LogP contribution < -0.4 is 10.1 Å². The molecular formula is C20H21ClFN5O3. The first-order chi connectivity index (χ1) is 14.5. The van der Waals surface area contributed by atoms with Gasteiger partial charge >= 0.3 is 0 Å². The molecule has 2 aromatic heterocycles. The minimum Gasteiger partial charge on any atom is -0.495 e. The molecule has 0 saturated carbocycles. The van der Waals surface area contributed by atoms with Crippen LogP contribution in [0.1, 0.15) is 46.0 Å². The van der Waals surface area contributed by atoms with Crippen molar-refractivity contribution in [1.82, 2.24) is 25.3 Å². The van der Waals surface area contributed by atoms with Gasteiger partial charge in [-0.2, -0.15) is 10.2 Å². The molecule has 0 radical (unpaired) electrons. The average molecular weight is 434 g/mol. The van der Waals surface area contributed by atoms with E-state index in [0.29, 0.717) is 23.6 Å². The van der Waals surface area contributed by atoms with Gasteiger partial charge in [-0.25, -0.2) is 9.07 Å². The van der Waals surface area contributed by atoms with Gasteiger partial charge in [-0.3, -0.25) is 9.89 Å². The number of halogens is 2. The third-order valence-corrected chi connectivity index (χ3v) is 5.58. The van der Waals surface area contributed by atoms with E-state index in [-0.39, 0.29) is 29.8 Å². The number of carbonyl (C=O) groups is 1. The minimum absolute atomic E-state index is 0.0732. The van der Waals surface area contributed by atoms with Crippen LogP contribution in [0.4, 0.5) is 4.39 Å². The van der Waals surface area contributed by atoms with Crippen LogP contribution in [-0.4, -0.2) is 39.6 Å². The lowest BCUT2D eigenvalue weighted by atomic mass is 10.1. The van der Waals surface area contributed by atoms with Gasteiger partial charge in [-0.15, -0.1) is 0 Å². The number of H-pyrrole nitrogens is 1. The maximum atomic E-state index is 14.6. The maximum Gasteiger partial charge on any atom is 0.272 e. The van der Waals surface area contributed by atoms with Crippen molar-refractivity contribution in [1.29, 1.82) is 0 Å². The van der Waals surface area contributed by atoms with Gasteiger partial charge in [-0.1, -0.05) is 18.5 Å². The highest BCUT2D eigenvalue weighted by Gasteiger charge is 2.30. The maximum absolute atomic E-state index is 14.6. The van der Waals surface area contributed by atoms with Gasteiger partial charge < -0.3 is 14.8 Å². The summed E-state index contributed by atoms with van der Waals surface area (Å²) in [6.45, 7) is 4.31. The first kappa shape index (κ1) is 20.4. The number of nitrogens with zero attached hydrogens (tertiary/aromatic N) is 3. The van der Waals surface area contributed by atoms with E-state index >= 15 is 0 Å². The molecule has 0 bridgehead atoms. The molecule has 4 rings (SSSR count). The second-order valence-corrected chi connectivity index (χ2v) is 7.32. The zero-order valence-electron chi connectivity index (χ0n) is 16.8. The van der Waals surface area contributed by atoms with Gasteiger partial charge in [0.1, 0.15) is 16.5 Å². The van der Waals surface area contributed by atoms with Crippen molar-refractivity contribution in [2.45, 2.75) is 32.9 Å². The van der Waals surface area contributed by atoms with Gasteiger partial charge in [0.25, 0.3) is 5.91 Å². The van der Waals surface area contributed by atoms with Gasteiger partial charge in [0.2, 0.25) is 0 Å². The van der Waals surface area contributed by atoms with E-state index in [1.807, 2.05) is 13.8 Å². The Balaban J connectivity index is 1.68. The number of ether oxygens (including phenoxy) is 2. The molecule has 0 aliphatic carbocycles. The summed E-state index contributed by atoms with van der Waals surface area (Å²) in [7, 11) is 1.46. The van der Waals surface area contributed by atoms with Gasteiger partial charge in [0.05, 0.1) is 38.3 Å². The number of benzene rings is 1. The second kappa shape index (κ2) is 8.08. The highest BCUT2D eigenvalue weighted by Crippen LogP contribution is 2.35. The second-order valence-electron chi connectivity index (χ2n) is 6.94. The van der Waals surface area contributed by atoms with Gasteiger partial charge in [0.15, 0.2) is 11.5 Å². The monoisotopic (exact) mass is 433 g/mol. The van der Waals surface area contributed by atoms with Crippen molar-refractivity contribution in [3.8, 4) is 11.4 Å². The standard InChI is InChI=1S/C20H21ClFN5O3/c1-4-11-10(2)25-26-18(11)20(28)24-14-8-30-9-15-12(14)7-23-27(15)19-13(22)5-6-16(29-3)17(19)21/h5-7,14H,4,8-9H2,1-3H3,(H,24,28)(H,25,26)/t14-/m0/s1. The summed E-state index contributed by atoms with van der Waals surface area (Å²) in [5.74, 6) is -0.520. The van der Waals surface area contributed by atoms with E-state index in [1.54, 1.807) is 6.20 Å². The Morgan fingerprint density at radius 2 is 2.30 bits per heavy atom. The third kappa shape index (κ3) is 3.33. The predicted octanol–water partition coefficient (Wildman–Crippen LogP) is 3.27. The summed E-state index contributed by atoms with van der Waals surface area (Å²) in [6, 6.07) is 2.26. The van der Waals surface area contributed by atoms with Crippen LogP contribution in [-0.2, 0) is 17.8 Å². The fourth-order valence-electron chi connectivity index (χ4n) is 3.67. The van der Waals surface area contributed by atoms with Crippen LogP contribution in [0.2, 0.25) is 5.02 Å². The summed E-state index contributed by atoms with van der Waals surface area (Å²) < 4.78 is 26.8. The molecule has 0 fully saturated rings. The summed E-state index contributed by atoms with van der Waals surface area (Å²) in [4.78, 5) is 12.8. The Labute approximate surface area is 177 Å². The van der Waals surface area contributed by atoms with Crippen LogP contribution in [0, 0.1) is 12.7 Å². The SMILES string of the molecule is CCc1c(C(=O)N[C@H]2COCc3c2cnn3-c2c(F)ccc(OC)c2Cl)n[nH]c1C. The molecule has 0 saturated heterocycles. The molecule has 30 heavy (non-hydrogen) atoms. The molecule has 158 valence electrons. The summed E-state index contributed by atoms with van der Waals surface area (Å²) in [5, 5.41) is 14.3. The van der Waals surface area contributed by atoms with Crippen LogP contribution >= 0.6 is 11.6 Å².